The molecule has 0 aromatic carbocycles. The van der Waals surface area contributed by atoms with Gasteiger partial charge < -0.3 is 9.64 Å². The fourth-order valence-electron chi connectivity index (χ4n) is 2.42. The summed E-state index contributed by atoms with van der Waals surface area (Å²) in [6.45, 7) is 3.44. The molecule has 6 heteroatoms. The minimum atomic E-state index is -0.127. The Labute approximate surface area is 116 Å². The Morgan fingerprint density at radius 3 is 3.10 bits per heavy atom. The van der Waals surface area contributed by atoms with E-state index in [4.69, 9.17) is 4.74 Å². The molecule has 1 N–H and O–H groups in total. The Morgan fingerprint density at radius 2 is 2.35 bits per heavy atom. The molecule has 0 spiro atoms. The van der Waals surface area contributed by atoms with Crippen LogP contribution in [-0.2, 0) is 4.74 Å². The number of carbonyl (C=O) groups excluding carboxylic acids is 1. The number of aromatic nitrogens is 3. The first-order valence-corrected chi connectivity index (χ1v) is 6.57. The minimum Gasteiger partial charge on any atom is -0.377 e. The number of aryl methyl sites for hydroxylation is 1. The van der Waals surface area contributed by atoms with Gasteiger partial charge in [-0.3, -0.25) is 14.9 Å². The largest absolute Gasteiger partial charge is 0.377 e. The smallest absolute Gasteiger partial charge is 0.256 e. The topological polar surface area (TPSA) is 71.1 Å². The fourth-order valence-corrected chi connectivity index (χ4v) is 2.42. The Bertz CT molecular complexity index is 597. The molecule has 0 aliphatic carbocycles. The van der Waals surface area contributed by atoms with Crippen molar-refractivity contribution >= 4 is 5.91 Å². The van der Waals surface area contributed by atoms with Gasteiger partial charge >= 0.3 is 0 Å². The molecule has 1 fully saturated rings. The molecule has 3 rings (SSSR count). The van der Waals surface area contributed by atoms with Crippen LogP contribution in [0.5, 0.6) is 0 Å². The van der Waals surface area contributed by atoms with Gasteiger partial charge in [-0.1, -0.05) is 0 Å². The summed E-state index contributed by atoms with van der Waals surface area (Å²) in [5, 5.41) is 6.87. The normalized spacial score (nSPS) is 19.1. The van der Waals surface area contributed by atoms with Gasteiger partial charge in [0.25, 0.3) is 5.91 Å². The second-order valence-corrected chi connectivity index (χ2v) is 4.74. The average molecular weight is 272 g/mol. The summed E-state index contributed by atoms with van der Waals surface area (Å²) in [7, 11) is 0. The third-order valence-corrected chi connectivity index (χ3v) is 3.51. The summed E-state index contributed by atoms with van der Waals surface area (Å²) in [5.74, 6) is -0.0153. The van der Waals surface area contributed by atoms with Crippen LogP contribution in [0.25, 0.3) is 0 Å². The van der Waals surface area contributed by atoms with Gasteiger partial charge in [0.15, 0.2) is 0 Å². The molecule has 20 heavy (non-hydrogen) atoms. The lowest BCUT2D eigenvalue weighted by Crippen LogP contribution is -2.43. The second kappa shape index (κ2) is 5.42. The quantitative estimate of drug-likeness (QED) is 0.895. The summed E-state index contributed by atoms with van der Waals surface area (Å²) in [4.78, 5) is 18.7. The SMILES string of the molecule is Cc1ncccc1C(=O)N1CCOC[C@H]1c1ccn[nH]1. The van der Waals surface area contributed by atoms with E-state index in [9.17, 15) is 4.79 Å². The molecule has 1 aliphatic heterocycles. The van der Waals surface area contributed by atoms with Crippen molar-refractivity contribution in [2.45, 2.75) is 13.0 Å². The van der Waals surface area contributed by atoms with Crippen molar-refractivity contribution in [3.05, 3.63) is 47.5 Å². The average Bonchev–Trinajstić information content (AvgIpc) is 3.01. The summed E-state index contributed by atoms with van der Waals surface area (Å²) in [6.07, 6.45) is 3.37. The van der Waals surface area contributed by atoms with Crippen LogP contribution in [0.4, 0.5) is 0 Å². The molecule has 3 heterocycles. The van der Waals surface area contributed by atoms with Gasteiger partial charge in [0.2, 0.25) is 0 Å². The van der Waals surface area contributed by atoms with Crippen molar-refractivity contribution < 1.29 is 9.53 Å². The Kier molecular flexibility index (Phi) is 3.47. The summed E-state index contributed by atoms with van der Waals surface area (Å²) >= 11 is 0. The van der Waals surface area contributed by atoms with Gasteiger partial charge in [-0.25, -0.2) is 0 Å². The van der Waals surface area contributed by atoms with Crippen LogP contribution in [0.2, 0.25) is 0 Å². The highest BCUT2D eigenvalue weighted by Gasteiger charge is 2.30. The van der Waals surface area contributed by atoms with Crippen LogP contribution in [-0.4, -0.2) is 45.7 Å². The van der Waals surface area contributed by atoms with E-state index in [0.717, 1.165) is 11.4 Å². The first-order chi connectivity index (χ1) is 9.77. The van der Waals surface area contributed by atoms with E-state index in [0.29, 0.717) is 25.3 Å². The van der Waals surface area contributed by atoms with Crippen LogP contribution in [0, 0.1) is 6.92 Å². The monoisotopic (exact) mass is 272 g/mol. The minimum absolute atomic E-state index is 0.0153. The highest BCUT2D eigenvalue weighted by Crippen LogP contribution is 2.24. The fraction of sp³-hybridized carbons (Fsp3) is 0.357. The Hall–Kier alpha value is -2.21. The van der Waals surface area contributed by atoms with Gasteiger partial charge in [0, 0.05) is 24.6 Å². The number of H-pyrrole nitrogens is 1. The molecule has 2 aromatic rings. The molecular formula is C14H16N4O2. The maximum atomic E-state index is 12.7. The van der Waals surface area contributed by atoms with Crippen molar-refractivity contribution in [3.63, 3.8) is 0 Å². The highest BCUT2D eigenvalue weighted by atomic mass is 16.5. The first-order valence-electron chi connectivity index (χ1n) is 6.57. The Balaban J connectivity index is 1.90. The number of carbonyl (C=O) groups is 1. The highest BCUT2D eigenvalue weighted by molar-refractivity contribution is 5.95. The number of hydrogen-bond donors (Lipinski definition) is 1. The van der Waals surface area contributed by atoms with Crippen LogP contribution < -0.4 is 0 Å². The number of nitrogens with zero attached hydrogens (tertiary/aromatic N) is 3. The van der Waals surface area contributed by atoms with Crippen LogP contribution >= 0.6 is 0 Å². The van der Waals surface area contributed by atoms with Crippen molar-refractivity contribution in [2.24, 2.45) is 0 Å². The maximum absolute atomic E-state index is 12.7. The zero-order valence-corrected chi connectivity index (χ0v) is 11.2. The number of ether oxygens (including phenoxy) is 1. The van der Waals surface area contributed by atoms with Crippen molar-refractivity contribution in [3.8, 4) is 0 Å². The summed E-state index contributed by atoms with van der Waals surface area (Å²) < 4.78 is 5.50. The molecule has 0 saturated carbocycles. The van der Waals surface area contributed by atoms with Crippen molar-refractivity contribution in [1.82, 2.24) is 20.1 Å². The molecule has 6 nitrogen and oxygen atoms in total. The predicted molar refractivity (Wildman–Crippen MR) is 72.2 cm³/mol. The third kappa shape index (κ3) is 2.30. The lowest BCUT2D eigenvalue weighted by molar-refractivity contribution is -0.00397. The number of amides is 1. The number of rotatable bonds is 2. The van der Waals surface area contributed by atoms with Gasteiger partial charge in [-0.2, -0.15) is 5.10 Å². The van der Waals surface area contributed by atoms with E-state index in [1.807, 2.05) is 24.0 Å². The zero-order valence-electron chi connectivity index (χ0n) is 11.2. The van der Waals surface area contributed by atoms with E-state index >= 15 is 0 Å². The van der Waals surface area contributed by atoms with Gasteiger partial charge in [0.1, 0.15) is 0 Å². The van der Waals surface area contributed by atoms with Gasteiger partial charge in [-0.15, -0.1) is 0 Å². The Morgan fingerprint density at radius 1 is 1.45 bits per heavy atom. The summed E-state index contributed by atoms with van der Waals surface area (Å²) in [5.41, 5.74) is 2.27. The maximum Gasteiger partial charge on any atom is 0.256 e. The number of hydrogen-bond acceptors (Lipinski definition) is 4. The summed E-state index contributed by atoms with van der Waals surface area (Å²) in [6, 6.07) is 5.34. The van der Waals surface area contributed by atoms with E-state index in [1.54, 1.807) is 18.5 Å². The zero-order chi connectivity index (χ0) is 13.9. The van der Waals surface area contributed by atoms with E-state index in [-0.39, 0.29) is 11.9 Å². The van der Waals surface area contributed by atoms with E-state index < -0.39 is 0 Å². The molecule has 0 bridgehead atoms. The molecule has 1 aliphatic rings. The molecule has 0 radical (unpaired) electrons. The molecule has 0 unspecified atom stereocenters. The van der Waals surface area contributed by atoms with E-state index in [1.165, 1.54) is 0 Å². The van der Waals surface area contributed by atoms with Crippen molar-refractivity contribution in [2.75, 3.05) is 19.8 Å². The predicted octanol–water partition coefficient (Wildman–Crippen LogP) is 1.33. The molecule has 1 atom stereocenters. The lowest BCUT2D eigenvalue weighted by Gasteiger charge is -2.35. The van der Waals surface area contributed by atoms with Crippen molar-refractivity contribution in [1.29, 1.82) is 0 Å². The molecule has 1 amide bonds. The van der Waals surface area contributed by atoms with Gasteiger partial charge in [-0.05, 0) is 25.1 Å². The lowest BCUT2D eigenvalue weighted by atomic mass is 10.1. The van der Waals surface area contributed by atoms with Crippen LogP contribution in [0.1, 0.15) is 27.8 Å². The number of pyridine rings is 1. The second-order valence-electron chi connectivity index (χ2n) is 4.74. The van der Waals surface area contributed by atoms with Crippen LogP contribution in [0.3, 0.4) is 0 Å². The number of aromatic amines is 1. The third-order valence-electron chi connectivity index (χ3n) is 3.51. The van der Waals surface area contributed by atoms with Gasteiger partial charge in [0.05, 0.1) is 30.5 Å². The van der Waals surface area contributed by atoms with Crippen LogP contribution in [0.15, 0.2) is 30.6 Å². The molecule has 2 aromatic heterocycles. The number of nitrogens with one attached hydrogen (secondary N) is 1. The molecule has 1 saturated heterocycles. The standard InChI is InChI=1S/C14H16N4O2/c1-10-11(3-2-5-15-10)14(19)18-7-8-20-9-13(18)12-4-6-16-17-12/h2-6,13H,7-9H2,1H3,(H,16,17)/t13-/m0/s1. The molecular weight excluding hydrogens is 256 g/mol. The number of morpholine rings is 1. The van der Waals surface area contributed by atoms with E-state index in [2.05, 4.69) is 15.2 Å². The first kappa shape index (κ1) is 12.8. The molecule has 104 valence electrons.